The van der Waals surface area contributed by atoms with Crippen molar-refractivity contribution in [3.8, 4) is 0 Å². The van der Waals surface area contributed by atoms with Gasteiger partial charge in [0.25, 0.3) is 0 Å². The molecule has 0 aliphatic rings. The highest BCUT2D eigenvalue weighted by atomic mass is 33.1. The van der Waals surface area contributed by atoms with Crippen molar-refractivity contribution in [1.29, 1.82) is 0 Å². The minimum absolute atomic E-state index is 0.0946. The van der Waals surface area contributed by atoms with E-state index in [9.17, 15) is 9.59 Å². The van der Waals surface area contributed by atoms with E-state index in [1.54, 1.807) is 49.5 Å². The molecule has 94 valence electrons. The topological polar surface area (TPSA) is 58.2 Å². The SMILES string of the molecule is CNC(CSSCC(NC)C(C)=O)C(C)=O. The summed E-state index contributed by atoms with van der Waals surface area (Å²) in [6, 6.07) is -0.189. The number of hydrogen-bond acceptors (Lipinski definition) is 6. The zero-order valence-corrected chi connectivity index (χ0v) is 11.8. The van der Waals surface area contributed by atoms with Crippen LogP contribution in [0.25, 0.3) is 0 Å². The van der Waals surface area contributed by atoms with Crippen molar-refractivity contribution in [2.75, 3.05) is 25.6 Å². The van der Waals surface area contributed by atoms with Crippen LogP contribution in [0.4, 0.5) is 0 Å². The van der Waals surface area contributed by atoms with E-state index in [1.807, 2.05) is 0 Å². The average molecular weight is 264 g/mol. The summed E-state index contributed by atoms with van der Waals surface area (Å²) in [5.41, 5.74) is 0. The smallest absolute Gasteiger partial charge is 0.147 e. The van der Waals surface area contributed by atoms with E-state index in [4.69, 9.17) is 0 Å². The van der Waals surface area contributed by atoms with E-state index < -0.39 is 0 Å². The molecule has 0 spiro atoms. The minimum Gasteiger partial charge on any atom is -0.310 e. The fourth-order valence-electron chi connectivity index (χ4n) is 1.04. The van der Waals surface area contributed by atoms with Gasteiger partial charge in [0, 0.05) is 11.5 Å². The second kappa shape index (κ2) is 9.04. The van der Waals surface area contributed by atoms with Gasteiger partial charge in [0.1, 0.15) is 11.6 Å². The van der Waals surface area contributed by atoms with E-state index in [0.717, 1.165) is 11.5 Å². The molecule has 0 aromatic carbocycles. The van der Waals surface area contributed by atoms with Crippen LogP contribution in [0, 0.1) is 0 Å². The Labute approximate surface area is 105 Å². The Morgan fingerprint density at radius 3 is 1.44 bits per heavy atom. The zero-order chi connectivity index (χ0) is 12.6. The number of carbonyl (C=O) groups excluding carboxylic acids is 2. The Bertz CT molecular complexity index is 213. The van der Waals surface area contributed by atoms with Crippen molar-refractivity contribution in [3.05, 3.63) is 0 Å². The second-order valence-corrected chi connectivity index (χ2v) is 6.03. The van der Waals surface area contributed by atoms with Gasteiger partial charge < -0.3 is 10.6 Å². The summed E-state index contributed by atoms with van der Waals surface area (Å²) >= 11 is 0. The summed E-state index contributed by atoms with van der Waals surface area (Å²) in [5, 5.41) is 5.92. The van der Waals surface area contributed by atoms with Crippen LogP contribution in [-0.2, 0) is 9.59 Å². The van der Waals surface area contributed by atoms with Gasteiger partial charge in [-0.2, -0.15) is 0 Å². The van der Waals surface area contributed by atoms with E-state index in [1.165, 1.54) is 0 Å². The molecule has 0 aromatic rings. The number of Topliss-reactive ketones (excluding diaryl/α,β-unsaturated/α-hetero) is 2. The number of ketones is 2. The molecule has 0 saturated carbocycles. The lowest BCUT2D eigenvalue weighted by molar-refractivity contribution is -0.119. The highest BCUT2D eigenvalue weighted by molar-refractivity contribution is 8.76. The molecule has 4 nitrogen and oxygen atoms in total. The van der Waals surface area contributed by atoms with Crippen molar-refractivity contribution >= 4 is 33.2 Å². The van der Waals surface area contributed by atoms with Crippen molar-refractivity contribution in [2.45, 2.75) is 25.9 Å². The van der Waals surface area contributed by atoms with Gasteiger partial charge in [0.15, 0.2) is 0 Å². The molecule has 2 atom stereocenters. The van der Waals surface area contributed by atoms with Crippen LogP contribution in [0.15, 0.2) is 0 Å². The van der Waals surface area contributed by atoms with Crippen LogP contribution in [0.5, 0.6) is 0 Å². The Balaban J connectivity index is 3.73. The molecule has 0 radical (unpaired) electrons. The normalized spacial score (nSPS) is 14.5. The van der Waals surface area contributed by atoms with Crippen LogP contribution in [0.2, 0.25) is 0 Å². The summed E-state index contributed by atoms with van der Waals surface area (Å²) < 4.78 is 0. The monoisotopic (exact) mass is 264 g/mol. The molecule has 0 rings (SSSR count). The Hall–Kier alpha value is -0.0400. The molecule has 0 aliphatic carbocycles. The molecule has 0 aromatic heterocycles. The largest absolute Gasteiger partial charge is 0.310 e. The third-order valence-electron chi connectivity index (χ3n) is 2.23. The number of nitrogens with one attached hydrogen (secondary N) is 2. The molecule has 0 saturated heterocycles. The van der Waals surface area contributed by atoms with E-state index in [0.29, 0.717) is 0 Å². The number of rotatable bonds is 9. The predicted octanol–water partition coefficient (Wildman–Crippen LogP) is 0.722. The van der Waals surface area contributed by atoms with Gasteiger partial charge >= 0.3 is 0 Å². The molecule has 0 heterocycles. The molecule has 0 bridgehead atoms. The zero-order valence-electron chi connectivity index (χ0n) is 10.2. The summed E-state index contributed by atoms with van der Waals surface area (Å²) in [7, 11) is 6.79. The number of likely N-dealkylation sites (N-methyl/N-ethyl adjacent to an activating group) is 2. The molecule has 2 unspecified atom stereocenters. The van der Waals surface area contributed by atoms with Crippen LogP contribution in [-0.4, -0.2) is 49.3 Å². The average Bonchev–Trinajstić information content (AvgIpc) is 2.22. The summed E-state index contributed by atoms with van der Waals surface area (Å²) in [4.78, 5) is 22.2. The molecule has 0 aliphatic heterocycles. The predicted molar refractivity (Wildman–Crippen MR) is 72.0 cm³/mol. The van der Waals surface area contributed by atoms with E-state index in [-0.39, 0.29) is 23.7 Å². The Kier molecular flexibility index (Phi) is 9.02. The minimum atomic E-state index is -0.0946. The second-order valence-electron chi connectivity index (χ2n) is 3.47. The lowest BCUT2D eigenvalue weighted by atomic mass is 10.2. The maximum absolute atomic E-state index is 11.1. The number of carbonyl (C=O) groups is 2. The fraction of sp³-hybridized carbons (Fsp3) is 0.800. The standard InChI is InChI=1S/C10H20N2O2S2/c1-7(13)9(11-3)5-15-16-6-10(12-4)8(2)14/h9-12H,5-6H2,1-4H3. The summed E-state index contributed by atoms with van der Waals surface area (Å²) in [6.45, 7) is 3.16. The molecule has 6 heteroatoms. The van der Waals surface area contributed by atoms with E-state index in [2.05, 4.69) is 10.6 Å². The van der Waals surface area contributed by atoms with Crippen molar-refractivity contribution in [1.82, 2.24) is 10.6 Å². The maximum atomic E-state index is 11.1. The van der Waals surface area contributed by atoms with Gasteiger partial charge in [0.2, 0.25) is 0 Å². The molecule has 16 heavy (non-hydrogen) atoms. The van der Waals surface area contributed by atoms with Crippen LogP contribution in [0.3, 0.4) is 0 Å². The quantitative estimate of drug-likeness (QED) is 0.473. The highest BCUT2D eigenvalue weighted by Crippen LogP contribution is 2.23. The molecular formula is C10H20N2O2S2. The lowest BCUT2D eigenvalue weighted by Crippen LogP contribution is -2.35. The molecular weight excluding hydrogens is 244 g/mol. The fourth-order valence-corrected chi connectivity index (χ4v) is 3.70. The van der Waals surface area contributed by atoms with Crippen LogP contribution < -0.4 is 10.6 Å². The first-order chi connectivity index (χ1) is 7.52. The van der Waals surface area contributed by atoms with E-state index >= 15 is 0 Å². The molecule has 0 amide bonds. The van der Waals surface area contributed by atoms with Gasteiger partial charge in [-0.25, -0.2) is 0 Å². The third kappa shape index (κ3) is 6.52. The van der Waals surface area contributed by atoms with Gasteiger partial charge in [0.05, 0.1) is 12.1 Å². The first-order valence-electron chi connectivity index (χ1n) is 5.12. The molecule has 2 N–H and O–H groups in total. The van der Waals surface area contributed by atoms with Crippen LogP contribution >= 0.6 is 21.6 Å². The van der Waals surface area contributed by atoms with Crippen LogP contribution in [0.1, 0.15) is 13.8 Å². The maximum Gasteiger partial charge on any atom is 0.147 e. The highest BCUT2D eigenvalue weighted by Gasteiger charge is 2.14. The van der Waals surface area contributed by atoms with Crippen molar-refractivity contribution < 1.29 is 9.59 Å². The third-order valence-corrected chi connectivity index (χ3v) is 4.65. The summed E-state index contributed by atoms with van der Waals surface area (Å²) in [5.74, 6) is 1.75. The number of hydrogen-bond donors (Lipinski definition) is 2. The molecule has 0 fully saturated rings. The summed E-state index contributed by atoms with van der Waals surface area (Å²) in [6.07, 6.45) is 0. The first kappa shape index (κ1) is 16.0. The van der Waals surface area contributed by atoms with Gasteiger partial charge in [-0.05, 0) is 27.9 Å². The van der Waals surface area contributed by atoms with Gasteiger partial charge in [-0.15, -0.1) is 0 Å². The Morgan fingerprint density at radius 2 is 1.25 bits per heavy atom. The lowest BCUT2D eigenvalue weighted by Gasteiger charge is -2.14. The van der Waals surface area contributed by atoms with Gasteiger partial charge in [-0.3, -0.25) is 9.59 Å². The first-order valence-corrected chi connectivity index (χ1v) is 7.61. The van der Waals surface area contributed by atoms with Crippen molar-refractivity contribution in [3.63, 3.8) is 0 Å². The van der Waals surface area contributed by atoms with Gasteiger partial charge in [-0.1, -0.05) is 21.6 Å². The Morgan fingerprint density at radius 1 is 0.938 bits per heavy atom. The van der Waals surface area contributed by atoms with Crippen molar-refractivity contribution in [2.24, 2.45) is 0 Å².